The van der Waals surface area contributed by atoms with Crippen LogP contribution in [0.15, 0.2) is 39.5 Å². The van der Waals surface area contributed by atoms with Gasteiger partial charge in [-0.2, -0.15) is 0 Å². The van der Waals surface area contributed by atoms with Gasteiger partial charge in [0.05, 0.1) is 10.7 Å². The van der Waals surface area contributed by atoms with Crippen molar-refractivity contribution in [3.05, 3.63) is 35.2 Å². The minimum atomic E-state index is -2.54. The Balaban J connectivity index is 2.40. The molecular weight excluding hydrogens is 301 g/mol. The Bertz CT molecular complexity index is 645. The van der Waals surface area contributed by atoms with Crippen molar-refractivity contribution in [2.45, 2.75) is 45.6 Å². The van der Waals surface area contributed by atoms with Crippen LogP contribution in [0.25, 0.3) is 5.57 Å². The van der Waals surface area contributed by atoms with Crippen LogP contribution >= 0.6 is 11.8 Å². The topological polar surface area (TPSA) is 17.3 Å². The highest BCUT2D eigenvalue weighted by Crippen LogP contribution is 2.32. The number of nitrogens with zero attached hydrogens (tertiary/aromatic N) is 2. The minimum absolute atomic E-state index is 0.551. The lowest BCUT2D eigenvalue weighted by atomic mass is 10.1. The molecule has 22 heavy (non-hydrogen) atoms. The van der Waals surface area contributed by atoms with Gasteiger partial charge in [0.25, 0.3) is 0 Å². The van der Waals surface area contributed by atoms with E-state index in [9.17, 15) is 8.63 Å². The highest BCUT2D eigenvalue weighted by Gasteiger charge is 2.26. The second kappa shape index (κ2) is 7.31. The number of hydrogen-bond donors (Lipinski definition) is 0. The van der Waals surface area contributed by atoms with Crippen LogP contribution in [-0.4, -0.2) is 23.3 Å². The van der Waals surface area contributed by atoms with Gasteiger partial charge in [0.2, 0.25) is 0 Å². The Morgan fingerprint density at radius 2 is 2.05 bits per heavy atom. The van der Waals surface area contributed by atoms with E-state index in [2.05, 4.69) is 11.9 Å². The molecular formula is C16H21BF2N2S. The van der Waals surface area contributed by atoms with Crippen LogP contribution in [0.3, 0.4) is 0 Å². The van der Waals surface area contributed by atoms with E-state index in [0.717, 1.165) is 45.6 Å². The molecule has 0 saturated carbocycles. The van der Waals surface area contributed by atoms with Gasteiger partial charge in [-0.05, 0) is 62.3 Å². The van der Waals surface area contributed by atoms with Crippen LogP contribution in [-0.2, 0) is 0 Å². The number of thioether (sulfide) groups is 1. The highest BCUT2D eigenvalue weighted by atomic mass is 32.2. The molecule has 6 heteroatoms. The summed E-state index contributed by atoms with van der Waals surface area (Å²) in [6.45, 7) is 7.85. The summed E-state index contributed by atoms with van der Waals surface area (Å²) in [4.78, 5) is 4.47. The average Bonchev–Trinajstić information content (AvgIpc) is 3.02. The molecule has 0 radical (unpaired) electrons. The summed E-state index contributed by atoms with van der Waals surface area (Å²) >= 11 is 1.49. The zero-order valence-corrected chi connectivity index (χ0v) is 14.3. The Morgan fingerprint density at radius 1 is 1.32 bits per heavy atom. The van der Waals surface area contributed by atoms with E-state index >= 15 is 0 Å². The maximum absolute atomic E-state index is 13.5. The standard InChI is InChI=1S/C16H21BF2N2S/c1-5-6-9-22-15-8-7-14(21(15)17(18)19)13(4)16-11(2)10-12(3)20-16/h7-8,10H,5-6,9H2,1-4H3/b16-13-. The van der Waals surface area contributed by atoms with Crippen molar-refractivity contribution in [1.82, 2.24) is 4.48 Å². The Morgan fingerprint density at radius 3 is 2.59 bits per heavy atom. The van der Waals surface area contributed by atoms with Crippen molar-refractivity contribution in [2.24, 2.45) is 4.99 Å². The Kier molecular flexibility index (Phi) is 5.67. The van der Waals surface area contributed by atoms with E-state index in [1.807, 2.05) is 26.8 Å². The van der Waals surface area contributed by atoms with Gasteiger partial charge in [-0.3, -0.25) is 13.6 Å². The smallest absolute Gasteiger partial charge is 0.320 e. The van der Waals surface area contributed by atoms with Gasteiger partial charge in [-0.1, -0.05) is 13.3 Å². The fraction of sp³-hybridized carbons (Fsp3) is 0.438. The molecule has 0 aromatic carbocycles. The van der Waals surface area contributed by atoms with Crippen molar-refractivity contribution in [2.75, 3.05) is 5.75 Å². The molecule has 0 aliphatic carbocycles. The lowest BCUT2D eigenvalue weighted by Crippen LogP contribution is -2.17. The molecule has 1 aliphatic heterocycles. The van der Waals surface area contributed by atoms with Crippen molar-refractivity contribution in [3.63, 3.8) is 0 Å². The molecule has 0 atom stereocenters. The first kappa shape index (κ1) is 17.1. The molecule has 1 aromatic rings. The first-order valence-electron chi connectivity index (χ1n) is 7.53. The highest BCUT2D eigenvalue weighted by molar-refractivity contribution is 7.99. The minimum Gasteiger partial charge on any atom is -0.320 e. The van der Waals surface area contributed by atoms with Gasteiger partial charge < -0.3 is 4.48 Å². The molecule has 2 rings (SSSR count). The van der Waals surface area contributed by atoms with E-state index in [-0.39, 0.29) is 0 Å². The molecule has 1 aliphatic rings. The van der Waals surface area contributed by atoms with Crippen molar-refractivity contribution in [1.29, 1.82) is 0 Å². The first-order chi connectivity index (χ1) is 10.5. The molecule has 0 bridgehead atoms. The van der Waals surface area contributed by atoms with Crippen LogP contribution in [0.1, 0.15) is 46.2 Å². The van der Waals surface area contributed by atoms with Gasteiger partial charge in [0.1, 0.15) is 0 Å². The molecule has 1 aromatic heterocycles. The molecule has 0 amide bonds. The van der Waals surface area contributed by atoms with Crippen LogP contribution in [0.4, 0.5) is 8.63 Å². The van der Waals surface area contributed by atoms with E-state index in [1.165, 1.54) is 11.8 Å². The quantitative estimate of drug-likeness (QED) is 0.394. The molecule has 2 heterocycles. The van der Waals surface area contributed by atoms with Crippen LogP contribution in [0.5, 0.6) is 0 Å². The summed E-state index contributed by atoms with van der Waals surface area (Å²) in [5.41, 5.74) is 4.10. The van der Waals surface area contributed by atoms with Crippen LogP contribution in [0, 0.1) is 0 Å². The summed E-state index contributed by atoms with van der Waals surface area (Å²) < 4.78 is 28.2. The molecule has 118 valence electrons. The predicted octanol–water partition coefficient (Wildman–Crippen LogP) is 5.30. The van der Waals surface area contributed by atoms with Gasteiger partial charge in [0.15, 0.2) is 0 Å². The summed E-state index contributed by atoms with van der Waals surface area (Å²) in [6, 6.07) is 3.57. The third kappa shape index (κ3) is 3.54. The normalized spacial score (nSPS) is 16.6. The third-order valence-corrected chi connectivity index (χ3v) is 4.77. The van der Waals surface area contributed by atoms with E-state index < -0.39 is 7.40 Å². The molecule has 0 N–H and O–H groups in total. The number of aromatic nitrogens is 1. The van der Waals surface area contributed by atoms with Crippen LogP contribution in [0.2, 0.25) is 0 Å². The number of aliphatic imine (C=N–C) groups is 1. The summed E-state index contributed by atoms with van der Waals surface area (Å²) in [7, 11) is -2.54. The summed E-state index contributed by atoms with van der Waals surface area (Å²) in [6.07, 6.45) is 4.07. The molecule has 0 saturated heterocycles. The number of halogens is 2. The largest absolute Gasteiger partial charge is 0.678 e. The third-order valence-electron chi connectivity index (χ3n) is 3.65. The monoisotopic (exact) mass is 322 g/mol. The SMILES string of the molecule is CCCCSc1ccc(/C(C)=C2\N=C(C)C=C2C)n1B(F)F. The van der Waals surface area contributed by atoms with E-state index in [4.69, 9.17) is 0 Å². The zero-order valence-electron chi connectivity index (χ0n) is 13.5. The molecule has 0 unspecified atom stereocenters. The lowest BCUT2D eigenvalue weighted by molar-refractivity contribution is 0.615. The number of rotatable bonds is 6. The molecule has 0 fully saturated rings. The van der Waals surface area contributed by atoms with Gasteiger partial charge in [0, 0.05) is 11.4 Å². The van der Waals surface area contributed by atoms with E-state index in [1.54, 1.807) is 12.1 Å². The van der Waals surface area contributed by atoms with Gasteiger partial charge in [-0.15, -0.1) is 11.8 Å². The predicted molar refractivity (Wildman–Crippen MR) is 92.9 cm³/mol. The average molecular weight is 322 g/mol. The van der Waals surface area contributed by atoms with Crippen molar-refractivity contribution >= 4 is 30.4 Å². The van der Waals surface area contributed by atoms with Crippen molar-refractivity contribution < 1.29 is 8.63 Å². The summed E-state index contributed by atoms with van der Waals surface area (Å²) in [5.74, 6) is 0.860. The fourth-order valence-electron chi connectivity index (χ4n) is 2.55. The summed E-state index contributed by atoms with van der Waals surface area (Å²) in [5, 5.41) is 0.624. The maximum atomic E-state index is 13.5. The number of unbranched alkanes of at least 4 members (excludes halogenated alkanes) is 1. The maximum Gasteiger partial charge on any atom is 0.678 e. The number of allylic oxidation sites excluding steroid dienone is 3. The Hall–Kier alpha value is -1.30. The fourth-order valence-corrected chi connectivity index (χ4v) is 3.68. The Labute approximate surface area is 135 Å². The van der Waals surface area contributed by atoms with Gasteiger partial charge in [-0.25, -0.2) is 0 Å². The molecule has 2 nitrogen and oxygen atoms in total. The van der Waals surface area contributed by atoms with Gasteiger partial charge >= 0.3 is 7.40 Å². The molecule has 0 spiro atoms. The zero-order chi connectivity index (χ0) is 16.3. The number of hydrogen-bond acceptors (Lipinski definition) is 2. The van der Waals surface area contributed by atoms with Crippen molar-refractivity contribution in [3.8, 4) is 0 Å². The second-order valence-electron chi connectivity index (χ2n) is 5.46. The first-order valence-corrected chi connectivity index (χ1v) is 8.51. The lowest BCUT2D eigenvalue weighted by Gasteiger charge is -2.12. The van der Waals surface area contributed by atoms with Crippen LogP contribution < -0.4 is 0 Å². The second-order valence-corrected chi connectivity index (χ2v) is 6.58. The van der Waals surface area contributed by atoms with E-state index in [0.29, 0.717) is 10.7 Å².